The highest BCUT2D eigenvalue weighted by Crippen LogP contribution is 2.17. The number of hydrogen-bond donors (Lipinski definition) is 3. The largest absolute Gasteiger partial charge is 0.480 e. The summed E-state index contributed by atoms with van der Waals surface area (Å²) in [6.45, 7) is -0.725. The normalized spacial score (nSPS) is 16.6. The Labute approximate surface area is 118 Å². The highest BCUT2D eigenvalue weighted by Gasteiger charge is 2.19. The summed E-state index contributed by atoms with van der Waals surface area (Å²) in [5.74, 6) is -1.98. The van der Waals surface area contributed by atoms with Gasteiger partial charge in [0.2, 0.25) is 11.8 Å². The number of carbonyl (C=O) groups excluding carboxylic acids is 2. The topological polar surface area (TPSA) is 113 Å². The second-order valence-electron chi connectivity index (χ2n) is 5.26. The van der Waals surface area contributed by atoms with E-state index in [0.29, 0.717) is 0 Å². The molecule has 0 aromatic carbocycles. The molecule has 0 saturated heterocycles. The van der Waals surface area contributed by atoms with Gasteiger partial charge in [-0.05, 0) is 12.8 Å². The van der Waals surface area contributed by atoms with Gasteiger partial charge in [0.1, 0.15) is 0 Å². The number of aliphatic carboxylic acids is 1. The predicted molar refractivity (Wildman–Crippen MR) is 72.9 cm³/mol. The zero-order chi connectivity index (χ0) is 15.0. The Morgan fingerprint density at radius 1 is 1.05 bits per heavy atom. The van der Waals surface area contributed by atoms with Gasteiger partial charge in [-0.25, -0.2) is 0 Å². The Morgan fingerprint density at radius 2 is 1.65 bits per heavy atom. The van der Waals surface area contributed by atoms with Crippen molar-refractivity contribution in [3.8, 4) is 0 Å². The zero-order valence-corrected chi connectivity index (χ0v) is 11.6. The minimum atomic E-state index is -1.09. The van der Waals surface area contributed by atoms with E-state index in [0.717, 1.165) is 25.7 Å². The Kier molecular flexibility index (Phi) is 7.00. The quantitative estimate of drug-likeness (QED) is 0.556. The van der Waals surface area contributed by atoms with Crippen LogP contribution in [0.4, 0.5) is 0 Å². The van der Waals surface area contributed by atoms with Crippen molar-refractivity contribution in [2.75, 3.05) is 19.6 Å². The molecule has 0 aromatic heterocycles. The molecule has 2 amide bonds. The summed E-state index contributed by atoms with van der Waals surface area (Å²) in [5, 5.41) is 11.7. The van der Waals surface area contributed by atoms with E-state index in [4.69, 9.17) is 10.8 Å². The molecular formula is C13H23N3O4. The molecule has 0 bridgehead atoms. The third-order valence-corrected chi connectivity index (χ3v) is 3.33. The fraction of sp³-hybridized carbons (Fsp3) is 0.769. The van der Waals surface area contributed by atoms with E-state index in [2.05, 4.69) is 5.32 Å². The van der Waals surface area contributed by atoms with E-state index in [1.807, 2.05) is 0 Å². The molecule has 7 nitrogen and oxygen atoms in total. The molecule has 0 aromatic rings. The Morgan fingerprint density at radius 3 is 2.15 bits per heavy atom. The molecule has 1 rings (SSSR count). The minimum Gasteiger partial charge on any atom is -0.480 e. The highest BCUT2D eigenvalue weighted by atomic mass is 16.4. The monoisotopic (exact) mass is 285 g/mol. The lowest BCUT2D eigenvalue weighted by atomic mass is 10.1. The number of primary amides is 1. The van der Waals surface area contributed by atoms with Crippen LogP contribution in [0, 0.1) is 0 Å². The van der Waals surface area contributed by atoms with Crippen molar-refractivity contribution in [3.05, 3.63) is 0 Å². The molecule has 0 atom stereocenters. The molecule has 20 heavy (non-hydrogen) atoms. The van der Waals surface area contributed by atoms with Crippen molar-refractivity contribution in [1.82, 2.24) is 10.2 Å². The first-order valence-electron chi connectivity index (χ1n) is 6.99. The molecule has 4 N–H and O–H groups in total. The molecule has 1 aliphatic carbocycles. The number of carbonyl (C=O) groups is 3. The van der Waals surface area contributed by atoms with E-state index < -0.39 is 11.9 Å². The lowest BCUT2D eigenvalue weighted by Crippen LogP contribution is -2.46. The molecule has 1 aliphatic rings. The number of carboxylic acids is 1. The molecule has 0 heterocycles. The van der Waals surface area contributed by atoms with E-state index in [1.54, 1.807) is 0 Å². The second kappa shape index (κ2) is 8.52. The van der Waals surface area contributed by atoms with E-state index in [1.165, 1.54) is 17.7 Å². The first kappa shape index (κ1) is 16.4. The van der Waals surface area contributed by atoms with Gasteiger partial charge in [0.05, 0.1) is 19.6 Å². The SMILES string of the molecule is NC(=O)CN(CC(=O)O)CC(=O)NC1CCCCCC1. The van der Waals surface area contributed by atoms with Gasteiger partial charge in [0.15, 0.2) is 0 Å². The summed E-state index contributed by atoms with van der Waals surface area (Å²) in [4.78, 5) is 34.7. The van der Waals surface area contributed by atoms with Gasteiger partial charge in [-0.3, -0.25) is 19.3 Å². The van der Waals surface area contributed by atoms with Gasteiger partial charge in [-0.1, -0.05) is 25.7 Å². The summed E-state index contributed by atoms with van der Waals surface area (Å²) in [5.41, 5.74) is 5.04. The summed E-state index contributed by atoms with van der Waals surface area (Å²) in [6.07, 6.45) is 6.51. The smallest absolute Gasteiger partial charge is 0.317 e. The Balaban J connectivity index is 2.43. The van der Waals surface area contributed by atoms with Crippen LogP contribution in [0.15, 0.2) is 0 Å². The Hall–Kier alpha value is -1.63. The average molecular weight is 285 g/mol. The zero-order valence-electron chi connectivity index (χ0n) is 11.6. The van der Waals surface area contributed by atoms with Crippen LogP contribution in [0.5, 0.6) is 0 Å². The molecule has 0 spiro atoms. The first-order chi connectivity index (χ1) is 9.47. The van der Waals surface area contributed by atoms with Crippen molar-refractivity contribution < 1.29 is 19.5 Å². The first-order valence-corrected chi connectivity index (χ1v) is 6.99. The molecule has 1 saturated carbocycles. The number of hydrogen-bond acceptors (Lipinski definition) is 4. The number of amides is 2. The number of nitrogens with one attached hydrogen (secondary N) is 1. The third-order valence-electron chi connectivity index (χ3n) is 3.33. The van der Waals surface area contributed by atoms with Gasteiger partial charge in [0.25, 0.3) is 0 Å². The maximum atomic E-state index is 11.9. The third kappa shape index (κ3) is 7.08. The lowest BCUT2D eigenvalue weighted by Gasteiger charge is -2.21. The van der Waals surface area contributed by atoms with Crippen LogP contribution in [0.25, 0.3) is 0 Å². The van der Waals surface area contributed by atoms with Crippen LogP contribution >= 0.6 is 0 Å². The molecule has 0 radical (unpaired) electrons. The molecule has 0 unspecified atom stereocenters. The molecular weight excluding hydrogens is 262 g/mol. The molecule has 7 heteroatoms. The van der Waals surface area contributed by atoms with Crippen LogP contribution in [0.3, 0.4) is 0 Å². The van der Waals surface area contributed by atoms with Crippen molar-refractivity contribution in [3.63, 3.8) is 0 Å². The van der Waals surface area contributed by atoms with Crippen LogP contribution in [-0.4, -0.2) is 53.5 Å². The van der Waals surface area contributed by atoms with E-state index >= 15 is 0 Å². The molecule has 1 fully saturated rings. The van der Waals surface area contributed by atoms with Crippen LogP contribution in [0.1, 0.15) is 38.5 Å². The standard InChI is InChI=1S/C13H23N3O4/c14-11(17)7-16(9-13(19)20)8-12(18)15-10-5-3-1-2-4-6-10/h10H,1-9H2,(H2,14,17)(H,15,18)(H,19,20). The fourth-order valence-corrected chi connectivity index (χ4v) is 2.48. The van der Waals surface area contributed by atoms with Gasteiger partial charge in [0, 0.05) is 6.04 Å². The summed E-state index contributed by atoms with van der Waals surface area (Å²) in [6, 6.07) is 0.158. The van der Waals surface area contributed by atoms with Crippen LogP contribution < -0.4 is 11.1 Å². The number of nitrogens with zero attached hydrogens (tertiary/aromatic N) is 1. The number of nitrogens with two attached hydrogens (primary N) is 1. The van der Waals surface area contributed by atoms with Gasteiger partial charge >= 0.3 is 5.97 Å². The van der Waals surface area contributed by atoms with E-state index in [-0.39, 0.29) is 31.6 Å². The van der Waals surface area contributed by atoms with Crippen molar-refractivity contribution in [1.29, 1.82) is 0 Å². The summed E-state index contributed by atoms with van der Waals surface area (Å²) >= 11 is 0. The predicted octanol–water partition coefficient (Wildman–Crippen LogP) is -0.303. The van der Waals surface area contributed by atoms with Crippen LogP contribution in [0.2, 0.25) is 0 Å². The van der Waals surface area contributed by atoms with Gasteiger partial charge in [-0.2, -0.15) is 0 Å². The van der Waals surface area contributed by atoms with Crippen molar-refractivity contribution in [2.24, 2.45) is 5.73 Å². The summed E-state index contributed by atoms with van der Waals surface area (Å²) < 4.78 is 0. The second-order valence-corrected chi connectivity index (χ2v) is 5.26. The van der Waals surface area contributed by atoms with Gasteiger partial charge in [-0.15, -0.1) is 0 Å². The van der Waals surface area contributed by atoms with Crippen molar-refractivity contribution >= 4 is 17.8 Å². The highest BCUT2D eigenvalue weighted by molar-refractivity contribution is 5.81. The molecule has 114 valence electrons. The average Bonchev–Trinajstić information content (AvgIpc) is 2.55. The Bertz CT molecular complexity index is 336. The fourth-order valence-electron chi connectivity index (χ4n) is 2.48. The lowest BCUT2D eigenvalue weighted by molar-refractivity contribution is -0.139. The summed E-state index contributed by atoms with van der Waals surface area (Å²) in [7, 11) is 0. The van der Waals surface area contributed by atoms with Crippen molar-refractivity contribution in [2.45, 2.75) is 44.6 Å². The molecule has 0 aliphatic heterocycles. The van der Waals surface area contributed by atoms with Gasteiger partial charge < -0.3 is 16.2 Å². The number of carboxylic acid groups (broad SMARTS) is 1. The maximum absolute atomic E-state index is 11.9. The van der Waals surface area contributed by atoms with E-state index in [9.17, 15) is 14.4 Å². The number of rotatable bonds is 7. The van der Waals surface area contributed by atoms with Crippen LogP contribution in [-0.2, 0) is 14.4 Å². The minimum absolute atomic E-state index is 0.119. The maximum Gasteiger partial charge on any atom is 0.317 e.